The van der Waals surface area contributed by atoms with Crippen LogP contribution in [0.4, 0.5) is 4.79 Å². The molecule has 1 aliphatic carbocycles. The summed E-state index contributed by atoms with van der Waals surface area (Å²) in [5, 5.41) is 0. The van der Waals surface area contributed by atoms with E-state index in [0.717, 1.165) is 41.9 Å². The minimum absolute atomic E-state index is 0.0274. The van der Waals surface area contributed by atoms with Crippen LogP contribution in [-0.4, -0.2) is 46.2 Å². The first-order valence-corrected chi connectivity index (χ1v) is 8.66. The first kappa shape index (κ1) is 17.9. The normalized spacial score (nSPS) is 18.5. The fraction of sp³-hybridized carbons (Fsp3) is 0.444. The highest BCUT2D eigenvalue weighted by Crippen LogP contribution is 2.28. The Kier molecular flexibility index (Phi) is 5.20. The van der Waals surface area contributed by atoms with Crippen LogP contribution in [0.1, 0.15) is 37.7 Å². The molecule has 26 heavy (non-hydrogen) atoms. The predicted molar refractivity (Wildman–Crippen MR) is 90.8 cm³/mol. The molecule has 2 aliphatic rings. The predicted octanol–water partition coefficient (Wildman–Crippen LogP) is 1.17. The van der Waals surface area contributed by atoms with Crippen LogP contribution in [-0.2, 0) is 20.9 Å². The third kappa shape index (κ3) is 3.68. The first-order chi connectivity index (χ1) is 12.5. The second-order valence-electron chi connectivity index (χ2n) is 6.54. The van der Waals surface area contributed by atoms with Crippen LogP contribution in [0.15, 0.2) is 24.3 Å². The maximum absolute atomic E-state index is 12.6. The van der Waals surface area contributed by atoms with E-state index in [0.29, 0.717) is 11.3 Å². The molecule has 2 N–H and O–H groups in total. The van der Waals surface area contributed by atoms with Gasteiger partial charge in [0.25, 0.3) is 5.91 Å². The van der Waals surface area contributed by atoms with Crippen LogP contribution in [0.3, 0.4) is 0 Å². The Morgan fingerprint density at radius 1 is 1.12 bits per heavy atom. The Morgan fingerprint density at radius 2 is 1.85 bits per heavy atom. The number of rotatable bonds is 6. The summed E-state index contributed by atoms with van der Waals surface area (Å²) in [6.07, 6.45) is 4.48. The molecule has 5 amide bonds. The molecule has 0 bridgehead atoms. The van der Waals surface area contributed by atoms with Crippen LogP contribution >= 0.6 is 0 Å². The van der Waals surface area contributed by atoms with Gasteiger partial charge in [-0.1, -0.05) is 31.4 Å². The molecule has 2 fully saturated rings. The van der Waals surface area contributed by atoms with Crippen LogP contribution < -0.4 is 10.5 Å². The highest BCUT2D eigenvalue weighted by Gasteiger charge is 2.47. The van der Waals surface area contributed by atoms with Crippen LogP contribution in [0.2, 0.25) is 0 Å². The van der Waals surface area contributed by atoms with E-state index in [1.54, 1.807) is 24.3 Å². The number of ether oxygens (including phenoxy) is 1. The van der Waals surface area contributed by atoms with Gasteiger partial charge in [-0.2, -0.15) is 0 Å². The zero-order valence-electron chi connectivity index (χ0n) is 14.3. The zero-order valence-corrected chi connectivity index (χ0v) is 14.3. The van der Waals surface area contributed by atoms with E-state index in [1.165, 1.54) is 0 Å². The minimum atomic E-state index is -0.802. The van der Waals surface area contributed by atoms with Gasteiger partial charge in [0.15, 0.2) is 6.61 Å². The Balaban J connectivity index is 1.72. The molecule has 0 unspecified atom stereocenters. The Bertz CT molecular complexity index is 742. The molecule has 1 heterocycles. The van der Waals surface area contributed by atoms with Crippen molar-refractivity contribution >= 4 is 23.8 Å². The van der Waals surface area contributed by atoms with E-state index in [1.807, 2.05) is 0 Å². The lowest BCUT2D eigenvalue weighted by atomic mass is 9.94. The van der Waals surface area contributed by atoms with Crippen molar-refractivity contribution in [3.8, 4) is 5.75 Å². The number of carbonyl (C=O) groups excluding carboxylic acids is 4. The fourth-order valence-corrected chi connectivity index (χ4v) is 3.39. The van der Waals surface area contributed by atoms with E-state index in [4.69, 9.17) is 10.5 Å². The average Bonchev–Trinajstić information content (AvgIpc) is 2.84. The highest BCUT2D eigenvalue weighted by molar-refractivity contribution is 6.44. The highest BCUT2D eigenvalue weighted by atomic mass is 16.5. The molecule has 0 aromatic heterocycles. The molecular weight excluding hydrogens is 338 g/mol. The Morgan fingerprint density at radius 3 is 2.54 bits per heavy atom. The second-order valence-corrected chi connectivity index (χ2v) is 6.54. The van der Waals surface area contributed by atoms with Crippen molar-refractivity contribution in [3.05, 3.63) is 29.8 Å². The number of nitrogens with zero attached hydrogens (tertiary/aromatic N) is 2. The van der Waals surface area contributed by atoms with Gasteiger partial charge in [-0.15, -0.1) is 0 Å². The quantitative estimate of drug-likeness (QED) is 0.606. The van der Waals surface area contributed by atoms with Crippen molar-refractivity contribution in [1.82, 2.24) is 9.80 Å². The van der Waals surface area contributed by atoms with E-state index >= 15 is 0 Å². The van der Waals surface area contributed by atoms with Crippen LogP contribution in [0.25, 0.3) is 0 Å². The monoisotopic (exact) mass is 359 g/mol. The molecule has 0 atom stereocenters. The smallest absolute Gasteiger partial charge is 0.334 e. The second kappa shape index (κ2) is 7.55. The third-order valence-electron chi connectivity index (χ3n) is 4.64. The van der Waals surface area contributed by atoms with Gasteiger partial charge in [0, 0.05) is 6.04 Å². The van der Waals surface area contributed by atoms with Gasteiger partial charge >= 0.3 is 17.8 Å². The Labute approximate surface area is 150 Å². The average molecular weight is 359 g/mol. The summed E-state index contributed by atoms with van der Waals surface area (Å²) in [5.41, 5.74) is 5.66. The number of urea groups is 1. The van der Waals surface area contributed by atoms with Crippen molar-refractivity contribution in [3.63, 3.8) is 0 Å². The molecular formula is C18H21N3O5. The van der Waals surface area contributed by atoms with Crippen molar-refractivity contribution in [2.75, 3.05) is 6.61 Å². The summed E-state index contributed by atoms with van der Waals surface area (Å²) >= 11 is 0. The molecule has 1 saturated carbocycles. The molecule has 0 spiro atoms. The van der Waals surface area contributed by atoms with Crippen LogP contribution in [0, 0.1) is 0 Å². The zero-order chi connectivity index (χ0) is 18.7. The first-order valence-electron chi connectivity index (χ1n) is 8.66. The fourth-order valence-electron chi connectivity index (χ4n) is 3.39. The summed E-state index contributed by atoms with van der Waals surface area (Å²) in [4.78, 5) is 50.1. The molecule has 8 nitrogen and oxygen atoms in total. The van der Waals surface area contributed by atoms with Crippen molar-refractivity contribution in [1.29, 1.82) is 0 Å². The van der Waals surface area contributed by atoms with Gasteiger partial charge in [0.05, 0.1) is 6.54 Å². The number of hydrogen-bond donors (Lipinski definition) is 1. The number of carbonyl (C=O) groups is 4. The number of hydrogen-bond acceptors (Lipinski definition) is 5. The van der Waals surface area contributed by atoms with E-state index in [9.17, 15) is 19.2 Å². The van der Waals surface area contributed by atoms with Gasteiger partial charge in [0.1, 0.15) is 5.75 Å². The maximum atomic E-state index is 12.6. The molecule has 8 heteroatoms. The van der Waals surface area contributed by atoms with E-state index in [2.05, 4.69) is 0 Å². The molecule has 1 saturated heterocycles. The summed E-state index contributed by atoms with van der Waals surface area (Å²) in [7, 11) is 0. The number of nitrogens with two attached hydrogens (primary N) is 1. The number of benzene rings is 1. The summed E-state index contributed by atoms with van der Waals surface area (Å²) in [6, 6.07) is 5.89. The summed E-state index contributed by atoms with van der Waals surface area (Å²) in [5.74, 6) is -1.75. The van der Waals surface area contributed by atoms with E-state index < -0.39 is 23.8 Å². The van der Waals surface area contributed by atoms with Crippen LogP contribution in [0.5, 0.6) is 5.75 Å². The number of imide groups is 2. The standard InChI is InChI=1S/C18H21N3O5/c19-15(22)11-26-14-8-4-5-12(9-14)10-20-16(23)17(24)21(18(20)25)13-6-2-1-3-7-13/h4-5,8-9,13H,1-3,6-7,10-11H2,(H2,19,22). The molecule has 3 rings (SSSR count). The third-order valence-corrected chi connectivity index (χ3v) is 4.64. The lowest BCUT2D eigenvalue weighted by Crippen LogP contribution is -2.42. The molecule has 1 aliphatic heterocycles. The van der Waals surface area contributed by atoms with Gasteiger partial charge in [-0.05, 0) is 30.5 Å². The van der Waals surface area contributed by atoms with Crippen molar-refractivity contribution < 1.29 is 23.9 Å². The molecule has 1 aromatic carbocycles. The Hall–Kier alpha value is -2.90. The summed E-state index contributed by atoms with van der Waals surface area (Å²) in [6.45, 7) is -0.292. The van der Waals surface area contributed by atoms with Gasteiger partial charge in [-0.25, -0.2) is 4.79 Å². The summed E-state index contributed by atoms with van der Waals surface area (Å²) < 4.78 is 5.22. The number of primary amides is 1. The molecule has 138 valence electrons. The lowest BCUT2D eigenvalue weighted by molar-refractivity contribution is -0.144. The molecule has 1 aromatic rings. The lowest BCUT2D eigenvalue weighted by Gasteiger charge is -2.28. The van der Waals surface area contributed by atoms with E-state index in [-0.39, 0.29) is 19.2 Å². The maximum Gasteiger partial charge on any atom is 0.334 e. The van der Waals surface area contributed by atoms with Gasteiger partial charge in [0.2, 0.25) is 0 Å². The van der Waals surface area contributed by atoms with Crippen molar-refractivity contribution in [2.45, 2.75) is 44.7 Å². The topological polar surface area (TPSA) is 110 Å². The van der Waals surface area contributed by atoms with Gasteiger partial charge in [-0.3, -0.25) is 24.2 Å². The molecule has 0 radical (unpaired) electrons. The minimum Gasteiger partial charge on any atom is -0.484 e. The van der Waals surface area contributed by atoms with Gasteiger partial charge < -0.3 is 10.5 Å². The number of amides is 5. The SMILES string of the molecule is NC(=O)COc1cccc(CN2C(=O)C(=O)N(C3CCCCC3)C2=O)c1. The van der Waals surface area contributed by atoms with Crippen molar-refractivity contribution in [2.24, 2.45) is 5.73 Å². The largest absolute Gasteiger partial charge is 0.484 e.